The molecule has 0 radical (unpaired) electrons. The maximum atomic E-state index is 12.0. The zero-order valence-corrected chi connectivity index (χ0v) is 14.5. The molecule has 2 rings (SSSR count). The number of ether oxygens (including phenoxy) is 1. The molecule has 10 heteroatoms. The molecule has 1 aromatic rings. The Morgan fingerprint density at radius 1 is 1.43 bits per heavy atom. The predicted octanol–water partition coefficient (Wildman–Crippen LogP) is 1.19. The first-order valence-electron chi connectivity index (χ1n) is 6.64. The fourth-order valence-electron chi connectivity index (χ4n) is 2.13. The maximum absolute atomic E-state index is 12.0. The number of pyridine rings is 1. The van der Waals surface area contributed by atoms with E-state index in [1.165, 1.54) is 24.2 Å². The molecule has 126 valence electrons. The van der Waals surface area contributed by atoms with Gasteiger partial charge in [0.1, 0.15) is 5.15 Å². The predicted molar refractivity (Wildman–Crippen MR) is 84.4 cm³/mol. The average molecular weight is 381 g/mol. The minimum absolute atomic E-state index is 0.0569. The van der Waals surface area contributed by atoms with E-state index in [-0.39, 0.29) is 27.2 Å². The second-order valence-corrected chi connectivity index (χ2v) is 8.13. The van der Waals surface area contributed by atoms with Crippen LogP contribution in [0.1, 0.15) is 16.8 Å². The van der Waals surface area contributed by atoms with Crippen molar-refractivity contribution in [1.82, 2.24) is 9.88 Å². The van der Waals surface area contributed by atoms with Crippen LogP contribution in [0.3, 0.4) is 0 Å². The van der Waals surface area contributed by atoms with Crippen LogP contribution >= 0.6 is 23.2 Å². The van der Waals surface area contributed by atoms with Crippen LogP contribution < -0.4 is 0 Å². The van der Waals surface area contributed by atoms with Crippen LogP contribution in [0.4, 0.5) is 0 Å². The second-order valence-electron chi connectivity index (χ2n) is 5.13. The van der Waals surface area contributed by atoms with E-state index >= 15 is 0 Å². The summed E-state index contributed by atoms with van der Waals surface area (Å²) in [4.78, 5) is 28.8. The van der Waals surface area contributed by atoms with Crippen molar-refractivity contribution < 1.29 is 22.7 Å². The standard InChI is InChI=1S/C13H14Cl2N2O5S/c1-17(9-2-3-23(20,21)7-9)11(18)6-22-13(19)8-4-10(14)12(15)16-5-8/h4-5,9H,2-3,6-7H2,1H3/t9-/m0/s1. The molecule has 0 unspecified atom stereocenters. The molecule has 1 aliphatic rings. The third-order valence-corrected chi connectivity index (χ3v) is 5.94. The molecule has 1 atom stereocenters. The molecule has 1 amide bonds. The second kappa shape index (κ2) is 7.02. The van der Waals surface area contributed by atoms with E-state index in [2.05, 4.69) is 4.98 Å². The molecule has 0 N–H and O–H groups in total. The number of halogens is 2. The third-order valence-electron chi connectivity index (χ3n) is 3.51. The summed E-state index contributed by atoms with van der Waals surface area (Å²) in [6.07, 6.45) is 1.57. The van der Waals surface area contributed by atoms with Gasteiger partial charge in [-0.1, -0.05) is 23.2 Å². The fraction of sp³-hybridized carbons (Fsp3) is 0.462. The van der Waals surface area contributed by atoms with Crippen molar-refractivity contribution in [2.45, 2.75) is 12.5 Å². The van der Waals surface area contributed by atoms with E-state index in [0.717, 1.165) is 0 Å². The molecule has 1 saturated heterocycles. The number of sulfone groups is 1. The Hall–Kier alpha value is -1.38. The van der Waals surface area contributed by atoms with Crippen LogP contribution in [-0.2, 0) is 19.4 Å². The highest BCUT2D eigenvalue weighted by Crippen LogP contribution is 2.20. The van der Waals surface area contributed by atoms with Gasteiger partial charge in [-0.05, 0) is 12.5 Å². The van der Waals surface area contributed by atoms with Gasteiger partial charge in [0.25, 0.3) is 5.91 Å². The summed E-state index contributed by atoms with van der Waals surface area (Å²) >= 11 is 11.4. The van der Waals surface area contributed by atoms with Gasteiger partial charge in [0.05, 0.1) is 22.1 Å². The number of aromatic nitrogens is 1. The van der Waals surface area contributed by atoms with Gasteiger partial charge in [-0.15, -0.1) is 0 Å². The fourth-order valence-corrected chi connectivity index (χ4v) is 4.17. The molecule has 1 fully saturated rings. The van der Waals surface area contributed by atoms with Gasteiger partial charge in [0, 0.05) is 19.3 Å². The molecular weight excluding hydrogens is 367 g/mol. The van der Waals surface area contributed by atoms with Gasteiger partial charge < -0.3 is 9.64 Å². The molecular formula is C13H14Cl2N2O5S. The number of likely N-dealkylation sites (N-methyl/N-ethyl adjacent to an activating group) is 1. The minimum atomic E-state index is -3.09. The average Bonchev–Trinajstić information content (AvgIpc) is 2.86. The van der Waals surface area contributed by atoms with E-state index < -0.39 is 34.4 Å². The lowest BCUT2D eigenvalue weighted by atomic mass is 10.2. The molecule has 0 bridgehead atoms. The first-order chi connectivity index (χ1) is 10.7. The first-order valence-corrected chi connectivity index (χ1v) is 9.21. The minimum Gasteiger partial charge on any atom is -0.452 e. The number of nitrogens with zero attached hydrogens (tertiary/aromatic N) is 2. The Bertz CT molecular complexity index is 738. The van der Waals surface area contributed by atoms with E-state index in [1.54, 1.807) is 0 Å². The summed E-state index contributed by atoms with van der Waals surface area (Å²) in [6, 6.07) is 0.898. The Morgan fingerprint density at radius 2 is 2.13 bits per heavy atom. The summed E-state index contributed by atoms with van der Waals surface area (Å²) < 4.78 is 27.7. The Balaban J connectivity index is 1.91. The van der Waals surface area contributed by atoms with Gasteiger partial charge >= 0.3 is 5.97 Å². The normalized spacial score (nSPS) is 19.3. The Labute approximate surface area is 143 Å². The van der Waals surface area contributed by atoms with Crippen molar-refractivity contribution in [3.05, 3.63) is 28.0 Å². The van der Waals surface area contributed by atoms with Crippen molar-refractivity contribution in [2.24, 2.45) is 0 Å². The lowest BCUT2D eigenvalue weighted by Crippen LogP contribution is -2.40. The number of esters is 1. The lowest BCUT2D eigenvalue weighted by Gasteiger charge is -2.23. The summed E-state index contributed by atoms with van der Waals surface area (Å²) in [7, 11) is -1.61. The molecule has 1 aliphatic heterocycles. The molecule has 2 heterocycles. The van der Waals surface area contributed by atoms with Gasteiger partial charge in [0.15, 0.2) is 16.4 Å². The van der Waals surface area contributed by atoms with Crippen molar-refractivity contribution in [3.63, 3.8) is 0 Å². The van der Waals surface area contributed by atoms with E-state index in [1.807, 2.05) is 0 Å². The van der Waals surface area contributed by atoms with Crippen LogP contribution in [0.15, 0.2) is 12.3 Å². The summed E-state index contributed by atoms with van der Waals surface area (Å²) in [6.45, 7) is -0.494. The quantitative estimate of drug-likeness (QED) is 0.575. The summed E-state index contributed by atoms with van der Waals surface area (Å²) in [5.41, 5.74) is 0.0679. The molecule has 0 saturated carbocycles. The van der Waals surface area contributed by atoms with E-state index in [9.17, 15) is 18.0 Å². The van der Waals surface area contributed by atoms with Crippen LogP contribution in [-0.4, -0.2) is 61.4 Å². The Morgan fingerprint density at radius 3 is 2.70 bits per heavy atom. The molecule has 0 spiro atoms. The van der Waals surface area contributed by atoms with Crippen molar-refractivity contribution >= 4 is 44.9 Å². The largest absolute Gasteiger partial charge is 0.452 e. The maximum Gasteiger partial charge on any atom is 0.340 e. The zero-order chi connectivity index (χ0) is 17.2. The number of rotatable bonds is 4. The third kappa shape index (κ3) is 4.55. The highest BCUT2D eigenvalue weighted by molar-refractivity contribution is 7.91. The number of carbonyl (C=O) groups excluding carboxylic acids is 2. The summed E-state index contributed by atoms with van der Waals surface area (Å²) in [5, 5.41) is 0.155. The van der Waals surface area contributed by atoms with Crippen molar-refractivity contribution in [2.75, 3.05) is 25.2 Å². The summed E-state index contributed by atoms with van der Waals surface area (Å²) in [5.74, 6) is -1.26. The molecule has 0 aliphatic carbocycles. The molecule has 23 heavy (non-hydrogen) atoms. The van der Waals surface area contributed by atoms with E-state index in [4.69, 9.17) is 27.9 Å². The SMILES string of the molecule is CN(C(=O)COC(=O)c1cnc(Cl)c(Cl)c1)[C@H]1CCS(=O)(=O)C1. The molecule has 7 nitrogen and oxygen atoms in total. The van der Waals surface area contributed by atoms with Crippen LogP contribution in [0.2, 0.25) is 10.2 Å². The van der Waals surface area contributed by atoms with Crippen LogP contribution in [0, 0.1) is 0 Å². The van der Waals surface area contributed by atoms with Crippen molar-refractivity contribution in [3.8, 4) is 0 Å². The molecule has 0 aromatic carbocycles. The smallest absolute Gasteiger partial charge is 0.340 e. The number of amides is 1. The topological polar surface area (TPSA) is 93.6 Å². The van der Waals surface area contributed by atoms with Gasteiger partial charge in [-0.3, -0.25) is 4.79 Å². The van der Waals surface area contributed by atoms with Crippen LogP contribution in [0.25, 0.3) is 0 Å². The number of hydrogen-bond donors (Lipinski definition) is 0. The number of carbonyl (C=O) groups is 2. The zero-order valence-electron chi connectivity index (χ0n) is 12.2. The van der Waals surface area contributed by atoms with Gasteiger partial charge in [0.2, 0.25) is 0 Å². The Kier molecular flexibility index (Phi) is 5.49. The lowest BCUT2D eigenvalue weighted by molar-refractivity contribution is -0.134. The monoisotopic (exact) mass is 380 g/mol. The van der Waals surface area contributed by atoms with Crippen LogP contribution in [0.5, 0.6) is 0 Å². The highest BCUT2D eigenvalue weighted by Gasteiger charge is 2.32. The van der Waals surface area contributed by atoms with Gasteiger partial charge in [-0.25, -0.2) is 18.2 Å². The molecule has 1 aromatic heterocycles. The first kappa shape index (κ1) is 18.0. The van der Waals surface area contributed by atoms with E-state index in [0.29, 0.717) is 6.42 Å². The highest BCUT2D eigenvalue weighted by atomic mass is 35.5. The van der Waals surface area contributed by atoms with Crippen molar-refractivity contribution in [1.29, 1.82) is 0 Å². The van der Waals surface area contributed by atoms with Gasteiger partial charge in [-0.2, -0.15) is 0 Å². The number of hydrogen-bond acceptors (Lipinski definition) is 6.